The maximum absolute atomic E-state index is 13.3. The van der Waals surface area contributed by atoms with E-state index in [9.17, 15) is 4.79 Å². The highest BCUT2D eigenvalue weighted by atomic mass is 16.1. The number of hydrogen-bond acceptors (Lipinski definition) is 5. The molecule has 1 aliphatic carbocycles. The summed E-state index contributed by atoms with van der Waals surface area (Å²) in [4.78, 5) is 18.9. The highest BCUT2D eigenvalue weighted by Gasteiger charge is 2.29. The summed E-state index contributed by atoms with van der Waals surface area (Å²) in [6.45, 7) is 7.59. The van der Waals surface area contributed by atoms with Crippen molar-refractivity contribution in [3.8, 4) is 0 Å². The smallest absolute Gasteiger partial charge is 0.252 e. The number of pyridine rings is 1. The van der Waals surface area contributed by atoms with Gasteiger partial charge in [-0.3, -0.25) is 9.69 Å². The number of aromatic nitrogens is 5. The summed E-state index contributed by atoms with van der Waals surface area (Å²) in [5.74, 6) is 0.925. The minimum Gasteiger partial charge on any atom is -0.321 e. The number of rotatable bonds is 9. The second-order valence-electron chi connectivity index (χ2n) is 10.6. The number of H-pyrrole nitrogens is 1. The fraction of sp³-hybridized carbons (Fsp3) is 0.467. The van der Waals surface area contributed by atoms with Gasteiger partial charge in [0.1, 0.15) is 0 Å². The van der Waals surface area contributed by atoms with Gasteiger partial charge in [0.2, 0.25) is 0 Å². The van der Waals surface area contributed by atoms with Gasteiger partial charge < -0.3 is 4.98 Å². The van der Waals surface area contributed by atoms with E-state index in [1.807, 2.05) is 6.07 Å². The molecule has 1 saturated carbocycles. The van der Waals surface area contributed by atoms with Gasteiger partial charge in [0.15, 0.2) is 5.82 Å². The first-order chi connectivity index (χ1) is 18.0. The van der Waals surface area contributed by atoms with Gasteiger partial charge in [-0.2, -0.15) is 0 Å². The monoisotopic (exact) mass is 498 g/mol. The first-order valence-electron chi connectivity index (χ1n) is 13.7. The van der Waals surface area contributed by atoms with Crippen LogP contribution in [-0.4, -0.2) is 30.1 Å². The molecule has 0 spiro atoms. The summed E-state index contributed by atoms with van der Waals surface area (Å²) in [6, 6.07) is 17.2. The largest absolute Gasteiger partial charge is 0.321 e. The van der Waals surface area contributed by atoms with Crippen molar-refractivity contribution in [3.05, 3.63) is 87.0 Å². The Morgan fingerprint density at radius 3 is 2.59 bits per heavy atom. The van der Waals surface area contributed by atoms with Crippen molar-refractivity contribution in [1.29, 1.82) is 0 Å². The SMILES string of the molecule is CCCC(c1nnnn1C1CCCCC1)N(Cc1ccccc1)Cc1cc2cc(C)cc(C)c2[nH]c1=O. The molecular weight excluding hydrogens is 460 g/mol. The van der Waals surface area contributed by atoms with E-state index >= 15 is 0 Å². The summed E-state index contributed by atoms with van der Waals surface area (Å²) in [7, 11) is 0. The van der Waals surface area contributed by atoms with Gasteiger partial charge >= 0.3 is 0 Å². The molecule has 4 aromatic rings. The van der Waals surface area contributed by atoms with Crippen molar-refractivity contribution in [2.75, 3.05) is 0 Å². The van der Waals surface area contributed by atoms with Crippen LogP contribution in [0.15, 0.2) is 53.3 Å². The Morgan fingerprint density at radius 1 is 1.05 bits per heavy atom. The number of fused-ring (bicyclic) bond motifs is 1. The third kappa shape index (κ3) is 5.67. The topological polar surface area (TPSA) is 79.7 Å². The summed E-state index contributed by atoms with van der Waals surface area (Å²) in [5.41, 5.74) is 5.16. The van der Waals surface area contributed by atoms with Crippen LogP contribution in [0, 0.1) is 13.8 Å². The average molecular weight is 499 g/mol. The molecule has 0 aliphatic heterocycles. The number of benzene rings is 2. The second-order valence-corrected chi connectivity index (χ2v) is 10.6. The molecule has 2 aromatic heterocycles. The minimum atomic E-state index is -0.0281. The van der Waals surface area contributed by atoms with Crippen molar-refractivity contribution in [1.82, 2.24) is 30.1 Å². The molecule has 7 nitrogen and oxygen atoms in total. The molecule has 37 heavy (non-hydrogen) atoms. The summed E-state index contributed by atoms with van der Waals surface area (Å²) in [6.07, 6.45) is 7.90. The van der Waals surface area contributed by atoms with Crippen LogP contribution in [0.3, 0.4) is 0 Å². The van der Waals surface area contributed by atoms with Crippen molar-refractivity contribution < 1.29 is 0 Å². The molecule has 0 amide bonds. The van der Waals surface area contributed by atoms with Gasteiger partial charge in [0.25, 0.3) is 5.56 Å². The predicted molar refractivity (Wildman–Crippen MR) is 147 cm³/mol. The van der Waals surface area contributed by atoms with Crippen molar-refractivity contribution in [2.45, 2.75) is 90.9 Å². The van der Waals surface area contributed by atoms with Crippen molar-refractivity contribution in [3.63, 3.8) is 0 Å². The number of aromatic amines is 1. The third-order valence-electron chi connectivity index (χ3n) is 7.71. The van der Waals surface area contributed by atoms with E-state index in [4.69, 9.17) is 0 Å². The van der Waals surface area contributed by atoms with E-state index < -0.39 is 0 Å². The molecule has 1 N–H and O–H groups in total. The first kappa shape index (κ1) is 25.3. The minimum absolute atomic E-state index is 0.0106. The molecule has 7 heteroatoms. The molecule has 1 aliphatic rings. The van der Waals surface area contributed by atoms with Gasteiger partial charge in [-0.1, -0.05) is 74.6 Å². The van der Waals surface area contributed by atoms with Crippen LogP contribution < -0.4 is 5.56 Å². The average Bonchev–Trinajstić information content (AvgIpc) is 3.39. The Labute approximate surface area is 218 Å². The van der Waals surface area contributed by atoms with E-state index in [1.54, 1.807) is 0 Å². The van der Waals surface area contributed by atoms with Crippen LogP contribution in [0.5, 0.6) is 0 Å². The van der Waals surface area contributed by atoms with E-state index in [0.29, 0.717) is 19.1 Å². The fourth-order valence-electron chi connectivity index (χ4n) is 5.92. The molecular formula is C30H38N6O. The van der Waals surface area contributed by atoms with Gasteiger partial charge in [0.05, 0.1) is 17.6 Å². The second kappa shape index (κ2) is 11.4. The lowest BCUT2D eigenvalue weighted by Crippen LogP contribution is -2.33. The number of nitrogens with zero attached hydrogens (tertiary/aromatic N) is 5. The molecule has 0 saturated heterocycles. The lowest BCUT2D eigenvalue weighted by molar-refractivity contribution is 0.150. The van der Waals surface area contributed by atoms with Crippen LogP contribution in [0.25, 0.3) is 10.9 Å². The number of aryl methyl sites for hydroxylation is 2. The highest BCUT2D eigenvalue weighted by molar-refractivity contribution is 5.82. The third-order valence-corrected chi connectivity index (χ3v) is 7.71. The van der Waals surface area contributed by atoms with Crippen LogP contribution in [-0.2, 0) is 13.1 Å². The Morgan fingerprint density at radius 2 is 1.84 bits per heavy atom. The van der Waals surface area contributed by atoms with Crippen LogP contribution >= 0.6 is 0 Å². The molecule has 1 unspecified atom stereocenters. The standard InChI is InChI=1S/C30H38N6O/c1-4-11-27(29-32-33-34-36(29)26-14-9-6-10-15-26)35(19-23-12-7-5-8-13-23)20-25-18-24-17-21(2)16-22(3)28(24)31-30(25)37/h5,7-8,12-13,16-18,26-27H,4,6,9-11,14-15,19-20H2,1-3H3,(H,31,37). The maximum Gasteiger partial charge on any atom is 0.252 e. The van der Waals surface area contributed by atoms with Gasteiger partial charge in [0, 0.05) is 18.7 Å². The number of nitrogens with one attached hydrogen (secondary N) is 1. The van der Waals surface area contributed by atoms with Crippen molar-refractivity contribution in [2.24, 2.45) is 0 Å². The van der Waals surface area contributed by atoms with E-state index in [2.05, 4.69) is 93.3 Å². The van der Waals surface area contributed by atoms with Crippen LogP contribution in [0.2, 0.25) is 0 Å². The zero-order valence-electron chi connectivity index (χ0n) is 22.3. The summed E-state index contributed by atoms with van der Waals surface area (Å²) < 4.78 is 2.09. The lowest BCUT2D eigenvalue weighted by atomic mass is 9.95. The van der Waals surface area contributed by atoms with Gasteiger partial charge in [-0.25, -0.2) is 4.68 Å². The predicted octanol–water partition coefficient (Wildman–Crippen LogP) is 6.18. The molecule has 0 radical (unpaired) electrons. The lowest BCUT2D eigenvalue weighted by Gasteiger charge is -2.32. The maximum atomic E-state index is 13.3. The molecule has 194 valence electrons. The number of hydrogen-bond donors (Lipinski definition) is 1. The number of tetrazole rings is 1. The molecule has 2 aromatic carbocycles. The van der Waals surface area contributed by atoms with Crippen LogP contribution in [0.1, 0.15) is 92.0 Å². The molecule has 0 bridgehead atoms. The van der Waals surface area contributed by atoms with Crippen molar-refractivity contribution >= 4 is 10.9 Å². The van der Waals surface area contributed by atoms with E-state index in [-0.39, 0.29) is 11.6 Å². The molecule has 2 heterocycles. The Balaban J connectivity index is 1.55. The van der Waals surface area contributed by atoms with E-state index in [0.717, 1.165) is 53.5 Å². The summed E-state index contributed by atoms with van der Waals surface area (Å²) >= 11 is 0. The van der Waals surface area contributed by atoms with Crippen LogP contribution in [0.4, 0.5) is 0 Å². The highest BCUT2D eigenvalue weighted by Crippen LogP contribution is 2.33. The quantitative estimate of drug-likeness (QED) is 0.298. The molecule has 5 rings (SSSR count). The zero-order valence-corrected chi connectivity index (χ0v) is 22.3. The van der Waals surface area contributed by atoms with E-state index in [1.165, 1.54) is 30.4 Å². The summed E-state index contributed by atoms with van der Waals surface area (Å²) in [5, 5.41) is 14.3. The molecule has 1 atom stereocenters. The Kier molecular flexibility index (Phi) is 7.79. The van der Waals surface area contributed by atoms with Gasteiger partial charge in [-0.15, -0.1) is 5.10 Å². The zero-order chi connectivity index (χ0) is 25.8. The first-order valence-corrected chi connectivity index (χ1v) is 13.7. The van der Waals surface area contributed by atoms with Gasteiger partial charge in [-0.05, 0) is 72.2 Å². The normalized spacial score (nSPS) is 15.5. The fourth-order valence-corrected chi connectivity index (χ4v) is 5.92. The molecule has 1 fully saturated rings. The Bertz CT molecular complexity index is 1390. The Hall–Kier alpha value is -3.32.